The third kappa shape index (κ3) is 8.00. The van der Waals surface area contributed by atoms with Crippen molar-refractivity contribution in [2.45, 2.75) is 38.3 Å². The van der Waals surface area contributed by atoms with E-state index in [1.54, 1.807) is 0 Å². The molecule has 0 N–H and O–H groups in total. The van der Waals surface area contributed by atoms with E-state index in [4.69, 9.17) is 0 Å². The lowest BCUT2D eigenvalue weighted by atomic mass is 10.3. The molecular formula is C10H15F6O5P. The fourth-order valence-electron chi connectivity index (χ4n) is 1.30. The molecule has 0 fully saturated rings. The zero-order valence-electron chi connectivity index (χ0n) is 11.7. The number of esters is 1. The Morgan fingerprint density at radius 2 is 1.41 bits per heavy atom. The summed E-state index contributed by atoms with van der Waals surface area (Å²) in [7, 11) is -5.02. The number of hydrogen-bond acceptors (Lipinski definition) is 5. The van der Waals surface area contributed by atoms with Gasteiger partial charge in [0.1, 0.15) is 0 Å². The van der Waals surface area contributed by atoms with E-state index < -0.39 is 44.8 Å². The highest BCUT2D eigenvalue weighted by Gasteiger charge is 2.46. The third-order valence-corrected chi connectivity index (χ3v) is 4.46. The Balaban J connectivity index is 5.27. The minimum absolute atomic E-state index is 0.201. The molecule has 132 valence electrons. The lowest BCUT2D eigenvalue weighted by Gasteiger charge is -2.25. The van der Waals surface area contributed by atoms with E-state index in [0.29, 0.717) is 0 Å². The highest BCUT2D eigenvalue weighted by atomic mass is 31.2. The topological polar surface area (TPSA) is 61.8 Å². The lowest BCUT2D eigenvalue weighted by molar-refractivity contribution is -0.167. The van der Waals surface area contributed by atoms with Crippen LogP contribution in [0, 0.1) is 0 Å². The van der Waals surface area contributed by atoms with Crippen molar-refractivity contribution in [3.63, 3.8) is 0 Å². The molecule has 1 unspecified atom stereocenters. The molecule has 0 heterocycles. The zero-order valence-corrected chi connectivity index (χ0v) is 12.6. The van der Waals surface area contributed by atoms with Crippen LogP contribution in [0.4, 0.5) is 26.3 Å². The van der Waals surface area contributed by atoms with E-state index in [9.17, 15) is 35.7 Å². The number of halogens is 6. The van der Waals surface area contributed by atoms with Crippen LogP contribution < -0.4 is 0 Å². The van der Waals surface area contributed by atoms with E-state index in [0.717, 1.165) is 0 Å². The molecule has 5 nitrogen and oxygen atoms in total. The van der Waals surface area contributed by atoms with Crippen molar-refractivity contribution in [3.8, 4) is 0 Å². The van der Waals surface area contributed by atoms with Gasteiger partial charge in [-0.15, -0.1) is 0 Å². The van der Waals surface area contributed by atoms with E-state index in [1.807, 2.05) is 0 Å². The fourth-order valence-corrected chi connectivity index (χ4v) is 3.17. The van der Waals surface area contributed by atoms with Gasteiger partial charge in [0.2, 0.25) is 0 Å². The largest absolute Gasteiger partial charge is 0.465 e. The zero-order chi connectivity index (χ0) is 17.6. The summed E-state index contributed by atoms with van der Waals surface area (Å²) < 4.78 is 97.5. The van der Waals surface area contributed by atoms with Crippen molar-refractivity contribution < 1.29 is 49.5 Å². The first-order valence-corrected chi connectivity index (χ1v) is 7.64. The molecule has 0 aromatic heterocycles. The van der Waals surface area contributed by atoms with Crippen molar-refractivity contribution in [1.29, 1.82) is 0 Å². The van der Waals surface area contributed by atoms with Crippen LogP contribution in [0.25, 0.3) is 0 Å². The van der Waals surface area contributed by atoms with Crippen LogP contribution in [-0.2, 0) is 23.1 Å². The van der Waals surface area contributed by atoms with Crippen LogP contribution in [0.1, 0.15) is 20.3 Å². The summed E-state index contributed by atoms with van der Waals surface area (Å²) in [5.41, 5.74) is -1.88. The van der Waals surface area contributed by atoms with Gasteiger partial charge in [0, 0.05) is 0 Å². The van der Waals surface area contributed by atoms with Crippen molar-refractivity contribution in [2.24, 2.45) is 0 Å². The molecule has 0 aliphatic rings. The van der Waals surface area contributed by atoms with Gasteiger partial charge in [0.25, 0.3) is 0 Å². The molecule has 0 amide bonds. The van der Waals surface area contributed by atoms with Gasteiger partial charge in [0.15, 0.2) is 18.9 Å². The Morgan fingerprint density at radius 3 is 1.68 bits per heavy atom. The predicted molar refractivity (Wildman–Crippen MR) is 62.3 cm³/mol. The Morgan fingerprint density at radius 1 is 1.00 bits per heavy atom. The summed E-state index contributed by atoms with van der Waals surface area (Å²) in [6, 6.07) is 0. The van der Waals surface area contributed by atoms with Gasteiger partial charge in [-0.2, -0.15) is 26.3 Å². The third-order valence-electron chi connectivity index (χ3n) is 2.14. The molecule has 0 saturated carbocycles. The van der Waals surface area contributed by atoms with Crippen molar-refractivity contribution in [2.75, 3.05) is 19.8 Å². The predicted octanol–water partition coefficient (Wildman–Crippen LogP) is 3.68. The molecule has 0 spiro atoms. The first-order valence-electron chi connectivity index (χ1n) is 6.03. The number of ether oxygens (including phenoxy) is 1. The van der Waals surface area contributed by atoms with Gasteiger partial charge < -0.3 is 4.74 Å². The molecule has 22 heavy (non-hydrogen) atoms. The van der Waals surface area contributed by atoms with Crippen LogP contribution in [0.3, 0.4) is 0 Å². The standard InChI is InChI=1S/C10H15F6O5P/c1-3-7(8(17)19-4-2)22(18,20-5-9(11,12)13)21-6-10(14,15)16/h7H,3-6H2,1-2H3. The second-order valence-corrected chi connectivity index (χ2v) is 6.21. The van der Waals surface area contributed by atoms with Crippen LogP contribution >= 0.6 is 7.60 Å². The van der Waals surface area contributed by atoms with Crippen molar-refractivity contribution >= 4 is 13.6 Å². The van der Waals surface area contributed by atoms with Gasteiger partial charge in [-0.25, -0.2) is 0 Å². The average molecular weight is 360 g/mol. The quantitative estimate of drug-likeness (QED) is 0.375. The molecule has 1 atom stereocenters. The van der Waals surface area contributed by atoms with Crippen LogP contribution in [0.2, 0.25) is 0 Å². The molecular weight excluding hydrogens is 345 g/mol. The number of rotatable bonds is 8. The van der Waals surface area contributed by atoms with Gasteiger partial charge in [-0.3, -0.25) is 18.4 Å². The summed E-state index contributed by atoms with van der Waals surface area (Å²) in [5.74, 6) is -1.25. The Hall–Kier alpha value is -0.800. The fraction of sp³-hybridized carbons (Fsp3) is 0.900. The van der Waals surface area contributed by atoms with Crippen molar-refractivity contribution in [1.82, 2.24) is 0 Å². The Bertz CT molecular complexity index is 386. The van der Waals surface area contributed by atoms with E-state index in [1.165, 1.54) is 13.8 Å². The number of carbonyl (C=O) groups is 1. The van der Waals surface area contributed by atoms with Gasteiger partial charge in [-0.1, -0.05) is 6.92 Å². The summed E-state index contributed by atoms with van der Waals surface area (Å²) in [6.45, 7) is -1.84. The highest BCUT2D eigenvalue weighted by molar-refractivity contribution is 7.55. The maximum atomic E-state index is 12.2. The molecule has 0 aromatic carbocycles. The molecule has 0 aliphatic heterocycles. The van der Waals surface area contributed by atoms with Gasteiger partial charge >= 0.3 is 25.9 Å². The van der Waals surface area contributed by atoms with E-state index in [2.05, 4.69) is 13.8 Å². The summed E-state index contributed by atoms with van der Waals surface area (Å²) in [6.07, 6.45) is -10.3. The minimum atomic E-state index is -5.02. The Labute approximate surface area is 122 Å². The second-order valence-electron chi connectivity index (χ2n) is 3.99. The molecule has 0 saturated heterocycles. The lowest BCUT2D eigenvalue weighted by Crippen LogP contribution is -2.29. The first kappa shape index (κ1) is 21.2. The molecule has 0 rings (SSSR count). The number of carbonyl (C=O) groups excluding carboxylic acids is 1. The van der Waals surface area contributed by atoms with Gasteiger partial charge in [-0.05, 0) is 13.3 Å². The van der Waals surface area contributed by atoms with Crippen molar-refractivity contribution in [3.05, 3.63) is 0 Å². The minimum Gasteiger partial charge on any atom is -0.465 e. The molecule has 12 heteroatoms. The maximum absolute atomic E-state index is 12.2. The van der Waals surface area contributed by atoms with Crippen LogP contribution in [0.15, 0.2) is 0 Å². The normalized spacial score (nSPS) is 14.7. The Kier molecular flexibility index (Phi) is 7.87. The van der Waals surface area contributed by atoms with E-state index >= 15 is 0 Å². The first-order chi connectivity index (χ1) is 9.84. The maximum Gasteiger partial charge on any atom is 0.412 e. The molecule has 0 radical (unpaired) electrons. The highest BCUT2D eigenvalue weighted by Crippen LogP contribution is 2.56. The smallest absolute Gasteiger partial charge is 0.412 e. The summed E-state index contributed by atoms with van der Waals surface area (Å²) in [5, 5.41) is 0. The molecule has 0 aromatic rings. The molecule has 0 bridgehead atoms. The van der Waals surface area contributed by atoms with Gasteiger partial charge in [0.05, 0.1) is 6.61 Å². The van der Waals surface area contributed by atoms with E-state index in [-0.39, 0.29) is 13.0 Å². The summed E-state index contributed by atoms with van der Waals surface area (Å²) >= 11 is 0. The second kappa shape index (κ2) is 8.16. The van der Waals surface area contributed by atoms with Crippen LogP contribution in [0.5, 0.6) is 0 Å². The summed E-state index contributed by atoms with van der Waals surface area (Å²) in [4.78, 5) is 11.6. The number of alkyl halides is 6. The average Bonchev–Trinajstić information content (AvgIpc) is 2.34. The SMILES string of the molecule is CCOC(=O)C(CC)P(=O)(OCC(F)(F)F)OCC(F)(F)F. The molecule has 0 aliphatic carbocycles. The monoisotopic (exact) mass is 360 g/mol. The van der Waals surface area contributed by atoms with Crippen LogP contribution in [-0.4, -0.2) is 43.8 Å². The number of hydrogen-bond donors (Lipinski definition) is 0.